The summed E-state index contributed by atoms with van der Waals surface area (Å²) in [6, 6.07) is -0.339. The molecule has 0 saturated carbocycles. The van der Waals surface area contributed by atoms with Gasteiger partial charge in [-0.15, -0.1) is 0 Å². The molecule has 7 heteroatoms. The number of hydrogen-bond donors (Lipinski definition) is 2. The first kappa shape index (κ1) is 15.6. The van der Waals surface area contributed by atoms with Gasteiger partial charge in [0.15, 0.2) is 0 Å². The summed E-state index contributed by atoms with van der Waals surface area (Å²) < 4.78 is 0. The summed E-state index contributed by atoms with van der Waals surface area (Å²) in [5.74, 6) is -0.827. The third-order valence-electron chi connectivity index (χ3n) is 4.39. The van der Waals surface area contributed by atoms with E-state index in [1.54, 1.807) is 11.8 Å². The number of nitrogens with zero attached hydrogens (tertiary/aromatic N) is 2. The highest BCUT2D eigenvalue weighted by molar-refractivity contribution is 5.83. The lowest BCUT2D eigenvalue weighted by atomic mass is 9.90. The molecule has 21 heavy (non-hydrogen) atoms. The van der Waals surface area contributed by atoms with Gasteiger partial charge in [-0.05, 0) is 27.2 Å². The Bertz CT molecular complexity index is 465. The lowest BCUT2D eigenvalue weighted by Gasteiger charge is -2.23. The molecule has 2 aliphatic heterocycles. The molecule has 3 amide bonds. The molecule has 0 spiro atoms. The molecule has 2 rings (SSSR count). The zero-order valence-electron chi connectivity index (χ0n) is 12.8. The Morgan fingerprint density at radius 3 is 2.57 bits per heavy atom. The maximum atomic E-state index is 12.2. The van der Waals surface area contributed by atoms with Crippen LogP contribution in [0.5, 0.6) is 0 Å². The highest BCUT2D eigenvalue weighted by atomic mass is 16.4. The van der Waals surface area contributed by atoms with Crippen LogP contribution in [0.4, 0.5) is 4.79 Å². The molecule has 2 N–H and O–H groups in total. The van der Waals surface area contributed by atoms with Gasteiger partial charge in [-0.25, -0.2) is 4.79 Å². The van der Waals surface area contributed by atoms with Gasteiger partial charge in [-0.1, -0.05) is 0 Å². The minimum Gasteiger partial charge on any atom is -0.481 e. The quantitative estimate of drug-likeness (QED) is 0.794. The number of aliphatic carboxylic acids is 1. The Balaban J connectivity index is 1.89. The van der Waals surface area contributed by atoms with Crippen LogP contribution in [-0.4, -0.2) is 64.5 Å². The van der Waals surface area contributed by atoms with Gasteiger partial charge in [0.1, 0.15) is 0 Å². The number of amides is 3. The molecular weight excluding hydrogens is 274 g/mol. The molecule has 2 fully saturated rings. The summed E-state index contributed by atoms with van der Waals surface area (Å²) in [7, 11) is 0. The second-order valence-corrected chi connectivity index (χ2v) is 6.53. The van der Waals surface area contributed by atoms with E-state index in [-0.39, 0.29) is 30.6 Å². The first-order chi connectivity index (χ1) is 9.73. The minimum absolute atomic E-state index is 0.0482. The third kappa shape index (κ3) is 3.11. The molecule has 2 atom stereocenters. The van der Waals surface area contributed by atoms with Crippen LogP contribution in [0.1, 0.15) is 33.6 Å². The first-order valence-electron chi connectivity index (χ1n) is 7.31. The van der Waals surface area contributed by atoms with Gasteiger partial charge in [-0.3, -0.25) is 9.59 Å². The van der Waals surface area contributed by atoms with Crippen LogP contribution in [0.15, 0.2) is 0 Å². The third-order valence-corrected chi connectivity index (χ3v) is 4.39. The van der Waals surface area contributed by atoms with Crippen molar-refractivity contribution in [1.82, 2.24) is 15.1 Å². The average Bonchev–Trinajstić information content (AvgIpc) is 2.94. The van der Waals surface area contributed by atoms with E-state index >= 15 is 0 Å². The summed E-state index contributed by atoms with van der Waals surface area (Å²) in [6.07, 6.45) is 0.769. The van der Waals surface area contributed by atoms with Crippen molar-refractivity contribution >= 4 is 17.9 Å². The molecule has 2 saturated heterocycles. The van der Waals surface area contributed by atoms with Crippen LogP contribution >= 0.6 is 0 Å². The van der Waals surface area contributed by atoms with Crippen molar-refractivity contribution in [2.75, 3.05) is 19.6 Å². The molecule has 7 nitrogen and oxygen atoms in total. The van der Waals surface area contributed by atoms with E-state index in [2.05, 4.69) is 5.32 Å². The van der Waals surface area contributed by atoms with Gasteiger partial charge < -0.3 is 20.2 Å². The van der Waals surface area contributed by atoms with Crippen molar-refractivity contribution in [1.29, 1.82) is 0 Å². The Labute approximate surface area is 124 Å². The number of carbonyl (C=O) groups is 3. The summed E-state index contributed by atoms with van der Waals surface area (Å²) in [6.45, 7) is 6.71. The van der Waals surface area contributed by atoms with Gasteiger partial charge in [0.05, 0.1) is 11.5 Å². The van der Waals surface area contributed by atoms with Crippen molar-refractivity contribution in [3.63, 3.8) is 0 Å². The number of carboxylic acids is 1. The minimum atomic E-state index is -0.875. The van der Waals surface area contributed by atoms with Gasteiger partial charge in [0.25, 0.3) is 0 Å². The van der Waals surface area contributed by atoms with Crippen molar-refractivity contribution in [2.24, 2.45) is 5.41 Å². The molecule has 0 aromatic heterocycles. The number of nitrogens with one attached hydrogen (secondary N) is 1. The second-order valence-electron chi connectivity index (χ2n) is 6.53. The summed E-state index contributed by atoms with van der Waals surface area (Å²) >= 11 is 0. The number of likely N-dealkylation sites (tertiary alicyclic amines) is 2. The van der Waals surface area contributed by atoms with Gasteiger partial charge in [0.2, 0.25) is 5.91 Å². The zero-order valence-corrected chi connectivity index (χ0v) is 12.8. The topological polar surface area (TPSA) is 90.0 Å². The van der Waals surface area contributed by atoms with E-state index in [1.807, 2.05) is 13.8 Å². The van der Waals surface area contributed by atoms with E-state index in [0.717, 1.165) is 0 Å². The van der Waals surface area contributed by atoms with E-state index < -0.39 is 11.4 Å². The van der Waals surface area contributed by atoms with Gasteiger partial charge in [-0.2, -0.15) is 0 Å². The fourth-order valence-corrected chi connectivity index (χ4v) is 2.90. The Morgan fingerprint density at radius 2 is 2.10 bits per heavy atom. The summed E-state index contributed by atoms with van der Waals surface area (Å²) in [5, 5.41) is 12.0. The highest BCUT2D eigenvalue weighted by Gasteiger charge is 2.43. The molecule has 0 bridgehead atoms. The maximum Gasteiger partial charge on any atom is 0.317 e. The molecule has 2 heterocycles. The molecule has 2 unspecified atom stereocenters. The largest absolute Gasteiger partial charge is 0.481 e. The van der Waals surface area contributed by atoms with E-state index in [1.165, 1.54) is 4.90 Å². The second kappa shape index (κ2) is 5.54. The molecule has 2 aliphatic rings. The van der Waals surface area contributed by atoms with Crippen LogP contribution < -0.4 is 5.32 Å². The lowest BCUT2D eigenvalue weighted by Crippen LogP contribution is -2.46. The molecule has 0 radical (unpaired) electrons. The normalized spacial score (nSPS) is 29.3. The standard InChI is InChI=1S/C14H23N3O4/c1-9(2)17-7-10(6-11(17)18)15-13(21)16-5-4-14(3,8-16)12(19)20/h9-10H,4-8H2,1-3H3,(H,15,21)(H,19,20). The number of urea groups is 1. The SMILES string of the molecule is CC(C)N1CC(NC(=O)N2CCC(C)(C(=O)O)C2)CC1=O. The summed E-state index contributed by atoms with van der Waals surface area (Å²) in [5.41, 5.74) is -0.868. The van der Waals surface area contributed by atoms with Crippen molar-refractivity contribution in [3.05, 3.63) is 0 Å². The summed E-state index contributed by atoms with van der Waals surface area (Å²) in [4.78, 5) is 38.4. The van der Waals surface area contributed by atoms with Crippen LogP contribution in [0.3, 0.4) is 0 Å². The predicted octanol–water partition coefficient (Wildman–Crippen LogP) is 0.502. The molecule has 0 aromatic rings. The Morgan fingerprint density at radius 1 is 1.43 bits per heavy atom. The van der Waals surface area contributed by atoms with Gasteiger partial charge >= 0.3 is 12.0 Å². The Hall–Kier alpha value is -1.79. The van der Waals surface area contributed by atoms with E-state index in [0.29, 0.717) is 25.9 Å². The molecular formula is C14H23N3O4. The fraction of sp³-hybridized carbons (Fsp3) is 0.786. The highest BCUT2D eigenvalue weighted by Crippen LogP contribution is 2.30. The molecule has 0 aliphatic carbocycles. The van der Waals surface area contributed by atoms with Crippen molar-refractivity contribution in [3.8, 4) is 0 Å². The monoisotopic (exact) mass is 297 g/mol. The number of carboxylic acid groups (broad SMARTS) is 1. The van der Waals surface area contributed by atoms with Gasteiger partial charge in [0, 0.05) is 32.1 Å². The predicted molar refractivity (Wildman–Crippen MR) is 75.7 cm³/mol. The maximum absolute atomic E-state index is 12.2. The number of rotatable bonds is 3. The fourth-order valence-electron chi connectivity index (χ4n) is 2.90. The van der Waals surface area contributed by atoms with Crippen LogP contribution in [-0.2, 0) is 9.59 Å². The number of carbonyl (C=O) groups excluding carboxylic acids is 2. The lowest BCUT2D eigenvalue weighted by molar-refractivity contribution is -0.147. The van der Waals surface area contributed by atoms with Crippen molar-refractivity contribution < 1.29 is 19.5 Å². The van der Waals surface area contributed by atoms with E-state index in [9.17, 15) is 19.5 Å². The van der Waals surface area contributed by atoms with Crippen LogP contribution in [0.25, 0.3) is 0 Å². The van der Waals surface area contributed by atoms with E-state index in [4.69, 9.17) is 0 Å². The molecule has 118 valence electrons. The average molecular weight is 297 g/mol. The zero-order chi connectivity index (χ0) is 15.8. The molecule has 0 aromatic carbocycles. The Kier molecular flexibility index (Phi) is 4.11. The smallest absolute Gasteiger partial charge is 0.317 e. The number of hydrogen-bond acceptors (Lipinski definition) is 3. The van der Waals surface area contributed by atoms with Crippen LogP contribution in [0, 0.1) is 5.41 Å². The van der Waals surface area contributed by atoms with Crippen molar-refractivity contribution in [2.45, 2.75) is 45.7 Å². The van der Waals surface area contributed by atoms with Crippen LogP contribution in [0.2, 0.25) is 0 Å². The first-order valence-corrected chi connectivity index (χ1v) is 7.31.